The fraction of sp³-hybridized carbons (Fsp3) is 0.889. The number of ether oxygens (including phenoxy) is 1. The molecule has 0 N–H and O–H groups in total. The first kappa shape index (κ1) is 16.7. The lowest BCUT2D eigenvalue weighted by atomic mass is 9.92. The Kier molecular flexibility index (Phi) is 5.92. The van der Waals surface area contributed by atoms with Gasteiger partial charge in [-0.25, -0.2) is 0 Å². The lowest BCUT2D eigenvalue weighted by Gasteiger charge is -2.36. The molecule has 0 unspecified atom stereocenters. The Bertz CT molecular complexity index is 404. The topological polar surface area (TPSA) is 49.9 Å². The van der Waals surface area contributed by atoms with Crippen molar-refractivity contribution in [3.05, 3.63) is 0 Å². The lowest BCUT2D eigenvalue weighted by molar-refractivity contribution is -0.144. The maximum absolute atomic E-state index is 12.7. The Morgan fingerprint density at radius 2 is 1.13 bits per heavy atom. The zero-order valence-corrected chi connectivity index (χ0v) is 14.2. The van der Waals surface area contributed by atoms with E-state index >= 15 is 0 Å². The zero-order chi connectivity index (χ0) is 16.1. The number of nitrogens with zero attached hydrogens (tertiary/aromatic N) is 2. The summed E-state index contributed by atoms with van der Waals surface area (Å²) in [5.74, 6) is 0.896. The molecule has 0 bridgehead atoms. The Labute approximate surface area is 139 Å². The van der Waals surface area contributed by atoms with E-state index in [4.69, 9.17) is 4.74 Å². The number of hydrogen-bond acceptors (Lipinski definition) is 3. The fourth-order valence-electron chi connectivity index (χ4n) is 4.10. The van der Waals surface area contributed by atoms with Gasteiger partial charge < -0.3 is 14.5 Å². The van der Waals surface area contributed by atoms with Crippen LogP contribution < -0.4 is 0 Å². The highest BCUT2D eigenvalue weighted by Crippen LogP contribution is 2.25. The van der Waals surface area contributed by atoms with Gasteiger partial charge in [0, 0.05) is 51.2 Å². The van der Waals surface area contributed by atoms with Gasteiger partial charge in [-0.15, -0.1) is 0 Å². The van der Waals surface area contributed by atoms with Crippen molar-refractivity contribution in [3.8, 4) is 0 Å². The van der Waals surface area contributed by atoms with E-state index in [-0.39, 0.29) is 17.7 Å². The Morgan fingerprint density at radius 1 is 0.652 bits per heavy atom. The van der Waals surface area contributed by atoms with Crippen LogP contribution in [0, 0.1) is 11.8 Å². The predicted molar refractivity (Wildman–Crippen MR) is 87.9 cm³/mol. The van der Waals surface area contributed by atoms with Crippen molar-refractivity contribution in [1.82, 2.24) is 9.80 Å². The maximum atomic E-state index is 12.7. The van der Waals surface area contributed by atoms with Gasteiger partial charge in [0.1, 0.15) is 0 Å². The molecule has 0 aromatic heterocycles. The SMILES string of the molecule is O=C(C1CCN(C(=O)C2CCOCC2)CC1)N1CCCCCC1. The molecule has 0 saturated carbocycles. The van der Waals surface area contributed by atoms with Crippen LogP contribution in [-0.4, -0.2) is 61.0 Å². The van der Waals surface area contributed by atoms with E-state index in [1.807, 2.05) is 4.90 Å². The molecule has 0 aromatic carbocycles. The molecule has 0 spiro atoms. The Balaban J connectivity index is 1.47. The number of likely N-dealkylation sites (tertiary alicyclic amines) is 2. The van der Waals surface area contributed by atoms with Crippen LogP contribution in [0.3, 0.4) is 0 Å². The normalized spacial score (nSPS) is 25.2. The smallest absolute Gasteiger partial charge is 0.225 e. The third kappa shape index (κ3) is 4.25. The van der Waals surface area contributed by atoms with Crippen LogP contribution >= 0.6 is 0 Å². The Hall–Kier alpha value is -1.10. The second kappa shape index (κ2) is 8.13. The van der Waals surface area contributed by atoms with Gasteiger partial charge in [0.25, 0.3) is 0 Å². The molecule has 3 heterocycles. The molecule has 3 aliphatic heterocycles. The monoisotopic (exact) mass is 322 g/mol. The first-order chi connectivity index (χ1) is 11.3. The van der Waals surface area contributed by atoms with Crippen LogP contribution in [0.15, 0.2) is 0 Å². The summed E-state index contributed by atoms with van der Waals surface area (Å²) < 4.78 is 5.34. The summed E-state index contributed by atoms with van der Waals surface area (Å²) in [6.07, 6.45) is 8.18. The molecule has 3 aliphatic rings. The molecular formula is C18H30N2O3. The number of carbonyl (C=O) groups is 2. The van der Waals surface area contributed by atoms with Crippen molar-refractivity contribution >= 4 is 11.8 Å². The van der Waals surface area contributed by atoms with E-state index in [1.165, 1.54) is 12.8 Å². The summed E-state index contributed by atoms with van der Waals surface area (Å²) in [6, 6.07) is 0. The number of piperidine rings is 1. The summed E-state index contributed by atoms with van der Waals surface area (Å²) in [7, 11) is 0. The second-order valence-electron chi connectivity index (χ2n) is 7.23. The Morgan fingerprint density at radius 3 is 1.70 bits per heavy atom. The van der Waals surface area contributed by atoms with E-state index < -0.39 is 0 Å². The number of rotatable bonds is 2. The molecule has 3 saturated heterocycles. The van der Waals surface area contributed by atoms with Crippen molar-refractivity contribution in [1.29, 1.82) is 0 Å². The quantitative estimate of drug-likeness (QED) is 0.782. The molecule has 0 atom stereocenters. The first-order valence-electron chi connectivity index (χ1n) is 9.41. The molecule has 130 valence electrons. The molecule has 0 radical (unpaired) electrons. The summed E-state index contributed by atoms with van der Waals surface area (Å²) >= 11 is 0. The second-order valence-corrected chi connectivity index (χ2v) is 7.23. The minimum absolute atomic E-state index is 0.131. The lowest BCUT2D eigenvalue weighted by Crippen LogP contribution is -2.46. The van der Waals surface area contributed by atoms with E-state index in [2.05, 4.69) is 4.90 Å². The van der Waals surface area contributed by atoms with Crippen LogP contribution in [0.5, 0.6) is 0 Å². The van der Waals surface area contributed by atoms with Gasteiger partial charge in [0.2, 0.25) is 11.8 Å². The van der Waals surface area contributed by atoms with Crippen LogP contribution in [0.2, 0.25) is 0 Å². The van der Waals surface area contributed by atoms with Gasteiger partial charge in [-0.05, 0) is 38.5 Å². The molecule has 3 rings (SSSR count). The van der Waals surface area contributed by atoms with Crippen molar-refractivity contribution in [2.24, 2.45) is 11.8 Å². The van der Waals surface area contributed by atoms with Gasteiger partial charge >= 0.3 is 0 Å². The van der Waals surface area contributed by atoms with Crippen LogP contribution in [0.25, 0.3) is 0 Å². The van der Waals surface area contributed by atoms with E-state index in [0.717, 1.165) is 64.7 Å². The van der Waals surface area contributed by atoms with E-state index in [9.17, 15) is 9.59 Å². The third-order valence-corrected chi connectivity index (χ3v) is 5.64. The van der Waals surface area contributed by atoms with Gasteiger partial charge in [-0.1, -0.05) is 12.8 Å². The molecule has 0 aromatic rings. The van der Waals surface area contributed by atoms with Gasteiger partial charge in [-0.2, -0.15) is 0 Å². The highest BCUT2D eigenvalue weighted by atomic mass is 16.5. The minimum atomic E-state index is 0.131. The summed E-state index contributed by atoms with van der Waals surface area (Å²) in [6.45, 7) is 4.78. The maximum Gasteiger partial charge on any atom is 0.225 e. The highest BCUT2D eigenvalue weighted by Gasteiger charge is 2.33. The molecule has 23 heavy (non-hydrogen) atoms. The van der Waals surface area contributed by atoms with E-state index in [0.29, 0.717) is 19.1 Å². The molecule has 5 heteroatoms. The number of carbonyl (C=O) groups excluding carboxylic acids is 2. The average molecular weight is 322 g/mol. The number of amides is 2. The number of hydrogen-bond donors (Lipinski definition) is 0. The van der Waals surface area contributed by atoms with Crippen LogP contribution in [0.4, 0.5) is 0 Å². The molecule has 2 amide bonds. The zero-order valence-electron chi connectivity index (χ0n) is 14.2. The predicted octanol–water partition coefficient (Wildman–Crippen LogP) is 2.05. The van der Waals surface area contributed by atoms with E-state index in [1.54, 1.807) is 0 Å². The van der Waals surface area contributed by atoms with Gasteiger partial charge in [-0.3, -0.25) is 9.59 Å². The van der Waals surface area contributed by atoms with Crippen molar-refractivity contribution in [2.75, 3.05) is 39.4 Å². The van der Waals surface area contributed by atoms with Crippen LogP contribution in [0.1, 0.15) is 51.4 Å². The van der Waals surface area contributed by atoms with Crippen molar-refractivity contribution in [3.63, 3.8) is 0 Å². The largest absolute Gasteiger partial charge is 0.381 e. The minimum Gasteiger partial charge on any atom is -0.381 e. The molecule has 5 nitrogen and oxygen atoms in total. The fourth-order valence-corrected chi connectivity index (χ4v) is 4.10. The van der Waals surface area contributed by atoms with Crippen molar-refractivity contribution < 1.29 is 14.3 Å². The van der Waals surface area contributed by atoms with Crippen molar-refractivity contribution in [2.45, 2.75) is 51.4 Å². The van der Waals surface area contributed by atoms with Gasteiger partial charge in [0.15, 0.2) is 0 Å². The third-order valence-electron chi connectivity index (χ3n) is 5.64. The van der Waals surface area contributed by atoms with Crippen LogP contribution in [-0.2, 0) is 14.3 Å². The standard InChI is InChI=1S/C18H30N2O3/c21-17(19-9-3-1-2-4-10-19)15-5-11-20(12-6-15)18(22)16-7-13-23-14-8-16/h15-16H,1-14H2. The molecule has 0 aliphatic carbocycles. The summed E-state index contributed by atoms with van der Waals surface area (Å²) in [4.78, 5) is 29.3. The highest BCUT2D eigenvalue weighted by molar-refractivity contribution is 5.81. The molecule has 3 fully saturated rings. The molecular weight excluding hydrogens is 292 g/mol. The summed E-state index contributed by atoms with van der Waals surface area (Å²) in [5.41, 5.74) is 0. The summed E-state index contributed by atoms with van der Waals surface area (Å²) in [5, 5.41) is 0. The first-order valence-corrected chi connectivity index (χ1v) is 9.41. The van der Waals surface area contributed by atoms with Gasteiger partial charge in [0.05, 0.1) is 0 Å². The average Bonchev–Trinajstić information content (AvgIpc) is 2.91.